The van der Waals surface area contributed by atoms with Crippen LogP contribution in [0, 0.1) is 5.92 Å². The van der Waals surface area contributed by atoms with Gasteiger partial charge in [-0.1, -0.05) is 30.3 Å². The minimum atomic E-state index is 0.152. The first kappa shape index (κ1) is 20.4. The van der Waals surface area contributed by atoms with Crippen molar-refractivity contribution in [2.24, 2.45) is 10.9 Å². The number of nitrogens with zero attached hydrogens (tertiary/aromatic N) is 2. The highest BCUT2D eigenvalue weighted by Crippen LogP contribution is 2.32. The minimum Gasteiger partial charge on any atom is -0.495 e. The summed E-state index contributed by atoms with van der Waals surface area (Å²) in [6.45, 7) is 6.54. The third-order valence-corrected chi connectivity index (χ3v) is 5.77. The zero-order valence-corrected chi connectivity index (χ0v) is 17.9. The number of rotatable bonds is 7. The van der Waals surface area contributed by atoms with E-state index in [1.54, 1.807) is 7.11 Å². The van der Waals surface area contributed by atoms with Crippen molar-refractivity contribution >= 4 is 11.6 Å². The van der Waals surface area contributed by atoms with Crippen molar-refractivity contribution in [3.8, 4) is 11.5 Å². The number of guanidine groups is 1. The second kappa shape index (κ2) is 9.74. The van der Waals surface area contributed by atoms with Gasteiger partial charge in [-0.05, 0) is 43.0 Å². The molecule has 2 aromatic carbocycles. The number of benzene rings is 2. The molecule has 0 radical (unpaired) electrons. The molecule has 0 aromatic heterocycles. The van der Waals surface area contributed by atoms with Gasteiger partial charge in [0.05, 0.1) is 19.3 Å². The van der Waals surface area contributed by atoms with Crippen molar-refractivity contribution in [3.63, 3.8) is 0 Å². The smallest absolute Gasteiger partial charge is 0.191 e. The summed E-state index contributed by atoms with van der Waals surface area (Å²) in [6.07, 6.45) is 2.24. The van der Waals surface area contributed by atoms with Crippen LogP contribution in [0.25, 0.3) is 0 Å². The number of methoxy groups -OCH3 is 1. The van der Waals surface area contributed by atoms with Crippen LogP contribution in [0.1, 0.15) is 18.9 Å². The molecule has 4 rings (SSSR count). The van der Waals surface area contributed by atoms with E-state index in [9.17, 15) is 0 Å². The Kier molecular flexibility index (Phi) is 6.62. The van der Waals surface area contributed by atoms with Crippen molar-refractivity contribution in [1.29, 1.82) is 0 Å². The van der Waals surface area contributed by atoms with Crippen LogP contribution in [0.15, 0.2) is 53.5 Å². The molecule has 2 heterocycles. The lowest BCUT2D eigenvalue weighted by atomic mass is 10.1. The Hall–Kier alpha value is -2.89. The average Bonchev–Trinajstić information content (AvgIpc) is 3.42. The van der Waals surface area contributed by atoms with Crippen LogP contribution in [0.4, 0.5) is 5.69 Å². The van der Waals surface area contributed by atoms with Crippen molar-refractivity contribution in [2.75, 3.05) is 44.7 Å². The van der Waals surface area contributed by atoms with E-state index >= 15 is 0 Å². The first-order valence-corrected chi connectivity index (χ1v) is 10.9. The van der Waals surface area contributed by atoms with Gasteiger partial charge in [0.2, 0.25) is 0 Å². The van der Waals surface area contributed by atoms with E-state index in [4.69, 9.17) is 14.5 Å². The van der Waals surface area contributed by atoms with E-state index in [0.717, 1.165) is 63.0 Å². The van der Waals surface area contributed by atoms with Crippen LogP contribution in [0.2, 0.25) is 0 Å². The summed E-state index contributed by atoms with van der Waals surface area (Å²) < 4.78 is 11.6. The number of para-hydroxylation sites is 3. The van der Waals surface area contributed by atoms with Crippen LogP contribution in [0.3, 0.4) is 0 Å². The molecular formula is C24H32N4O2. The maximum atomic E-state index is 6.03. The second-order valence-electron chi connectivity index (χ2n) is 7.92. The Morgan fingerprint density at radius 2 is 2.00 bits per heavy atom. The molecule has 2 aliphatic heterocycles. The van der Waals surface area contributed by atoms with Crippen molar-refractivity contribution in [3.05, 3.63) is 54.1 Å². The quantitative estimate of drug-likeness (QED) is 0.545. The fourth-order valence-electron chi connectivity index (χ4n) is 4.23. The van der Waals surface area contributed by atoms with Gasteiger partial charge in [0.1, 0.15) is 17.6 Å². The number of aliphatic imine (C=N–C) groups is 1. The van der Waals surface area contributed by atoms with Crippen molar-refractivity contribution < 1.29 is 9.47 Å². The van der Waals surface area contributed by atoms with Gasteiger partial charge < -0.3 is 25.0 Å². The summed E-state index contributed by atoms with van der Waals surface area (Å²) in [4.78, 5) is 7.26. The van der Waals surface area contributed by atoms with E-state index < -0.39 is 0 Å². The fourth-order valence-corrected chi connectivity index (χ4v) is 4.23. The molecule has 0 amide bonds. The Morgan fingerprint density at radius 3 is 2.83 bits per heavy atom. The van der Waals surface area contributed by atoms with E-state index in [1.165, 1.54) is 11.3 Å². The molecule has 0 spiro atoms. The zero-order chi connectivity index (χ0) is 20.8. The Morgan fingerprint density at radius 1 is 1.17 bits per heavy atom. The molecule has 30 heavy (non-hydrogen) atoms. The largest absolute Gasteiger partial charge is 0.495 e. The van der Waals surface area contributed by atoms with Gasteiger partial charge in [-0.2, -0.15) is 0 Å². The molecule has 2 aromatic rings. The maximum absolute atomic E-state index is 6.03. The van der Waals surface area contributed by atoms with E-state index in [-0.39, 0.29) is 6.10 Å². The maximum Gasteiger partial charge on any atom is 0.191 e. The molecule has 2 aliphatic rings. The van der Waals surface area contributed by atoms with Crippen molar-refractivity contribution in [1.82, 2.24) is 10.6 Å². The predicted molar refractivity (Wildman–Crippen MR) is 122 cm³/mol. The van der Waals surface area contributed by atoms with Gasteiger partial charge in [0, 0.05) is 32.6 Å². The fraction of sp³-hybridized carbons (Fsp3) is 0.458. The monoisotopic (exact) mass is 408 g/mol. The van der Waals surface area contributed by atoms with Crippen LogP contribution in [-0.2, 0) is 6.42 Å². The van der Waals surface area contributed by atoms with E-state index in [2.05, 4.69) is 46.7 Å². The molecule has 160 valence electrons. The van der Waals surface area contributed by atoms with Gasteiger partial charge in [0.15, 0.2) is 5.96 Å². The lowest BCUT2D eigenvalue weighted by molar-refractivity contribution is 0.235. The molecule has 1 saturated heterocycles. The Labute approximate surface area is 179 Å². The van der Waals surface area contributed by atoms with Gasteiger partial charge >= 0.3 is 0 Å². The van der Waals surface area contributed by atoms with Crippen LogP contribution >= 0.6 is 0 Å². The highest BCUT2D eigenvalue weighted by molar-refractivity contribution is 5.79. The number of anilines is 1. The summed E-state index contributed by atoms with van der Waals surface area (Å²) in [7, 11) is 1.73. The molecule has 2 N–H and O–H groups in total. The number of ether oxygens (including phenoxy) is 2. The number of hydrogen-bond donors (Lipinski definition) is 2. The van der Waals surface area contributed by atoms with Crippen LogP contribution in [-0.4, -0.2) is 51.9 Å². The average molecular weight is 409 g/mol. The molecule has 6 heteroatoms. The molecule has 6 nitrogen and oxygen atoms in total. The van der Waals surface area contributed by atoms with Gasteiger partial charge in [0.25, 0.3) is 0 Å². The highest BCUT2D eigenvalue weighted by Gasteiger charge is 2.25. The summed E-state index contributed by atoms with van der Waals surface area (Å²) in [5.74, 6) is 3.35. The summed E-state index contributed by atoms with van der Waals surface area (Å²) in [6, 6.07) is 16.5. The molecule has 2 unspecified atom stereocenters. The first-order valence-electron chi connectivity index (χ1n) is 10.9. The summed E-state index contributed by atoms with van der Waals surface area (Å²) >= 11 is 0. The molecule has 0 aliphatic carbocycles. The van der Waals surface area contributed by atoms with E-state index in [0.29, 0.717) is 5.92 Å². The topological polar surface area (TPSA) is 58.1 Å². The molecule has 2 atom stereocenters. The van der Waals surface area contributed by atoms with E-state index in [1.807, 2.05) is 24.3 Å². The number of fused-ring (bicyclic) bond motifs is 1. The second-order valence-corrected chi connectivity index (χ2v) is 7.92. The first-order chi connectivity index (χ1) is 14.8. The highest BCUT2D eigenvalue weighted by atomic mass is 16.5. The minimum absolute atomic E-state index is 0.152. The Balaban J connectivity index is 1.29. The lowest BCUT2D eigenvalue weighted by Crippen LogP contribution is -2.42. The molecule has 1 fully saturated rings. The normalized spacial score (nSPS) is 20.6. The number of hydrogen-bond acceptors (Lipinski definition) is 4. The van der Waals surface area contributed by atoms with Crippen LogP contribution in [0.5, 0.6) is 11.5 Å². The Bertz CT molecular complexity index is 845. The SMILES string of the molecule is CCNC(=NCC1CCN(c2ccccc2OC)C1)NCC1Cc2ccccc2O1. The predicted octanol–water partition coefficient (Wildman–Crippen LogP) is 3.08. The summed E-state index contributed by atoms with van der Waals surface area (Å²) in [5, 5.41) is 6.83. The summed E-state index contributed by atoms with van der Waals surface area (Å²) in [5.41, 5.74) is 2.46. The molecular weight excluding hydrogens is 376 g/mol. The number of nitrogens with one attached hydrogen (secondary N) is 2. The zero-order valence-electron chi connectivity index (χ0n) is 17.9. The van der Waals surface area contributed by atoms with Crippen molar-refractivity contribution in [2.45, 2.75) is 25.9 Å². The van der Waals surface area contributed by atoms with Gasteiger partial charge in [-0.3, -0.25) is 4.99 Å². The third-order valence-electron chi connectivity index (χ3n) is 5.77. The molecule has 0 bridgehead atoms. The van der Waals surface area contributed by atoms with Crippen LogP contribution < -0.4 is 25.0 Å². The molecule has 0 saturated carbocycles. The van der Waals surface area contributed by atoms with Gasteiger partial charge in [-0.25, -0.2) is 0 Å². The van der Waals surface area contributed by atoms with Gasteiger partial charge in [-0.15, -0.1) is 0 Å². The third kappa shape index (κ3) is 4.81. The lowest BCUT2D eigenvalue weighted by Gasteiger charge is -2.21. The standard InChI is InChI=1S/C24H32N4O2/c1-3-25-24(27-16-20-14-19-8-4-6-10-22(19)30-20)26-15-18-12-13-28(17-18)21-9-5-7-11-23(21)29-2/h4-11,18,20H,3,12-17H2,1-2H3,(H2,25,26,27).